The van der Waals surface area contributed by atoms with E-state index in [4.69, 9.17) is 23.2 Å². The van der Waals surface area contributed by atoms with Gasteiger partial charge < -0.3 is 10.2 Å². The molecule has 3 rings (SSSR count). The number of aryl methyl sites for hydroxylation is 2. The van der Waals surface area contributed by atoms with E-state index in [1.165, 1.54) is 17.4 Å². The van der Waals surface area contributed by atoms with Crippen molar-refractivity contribution >= 4 is 51.5 Å². The molecule has 25 heavy (non-hydrogen) atoms. The van der Waals surface area contributed by atoms with E-state index in [1.54, 1.807) is 17.0 Å². The monoisotopic (exact) mass is 397 g/mol. The van der Waals surface area contributed by atoms with Crippen molar-refractivity contribution in [2.45, 2.75) is 32.7 Å². The zero-order valence-electron chi connectivity index (χ0n) is 13.8. The van der Waals surface area contributed by atoms with E-state index in [-0.39, 0.29) is 11.8 Å². The molecule has 1 saturated heterocycles. The van der Waals surface area contributed by atoms with Gasteiger partial charge in [0.15, 0.2) is 5.13 Å². The summed E-state index contributed by atoms with van der Waals surface area (Å²) in [5, 5.41) is 4.11. The summed E-state index contributed by atoms with van der Waals surface area (Å²) in [6, 6.07) is 4.24. The van der Waals surface area contributed by atoms with Crippen LogP contribution in [0.3, 0.4) is 0 Å². The molecule has 5 nitrogen and oxygen atoms in total. The van der Waals surface area contributed by atoms with Gasteiger partial charge in [0.1, 0.15) is 6.04 Å². The summed E-state index contributed by atoms with van der Waals surface area (Å²) in [6.45, 7) is 4.39. The number of hydrogen-bond acceptors (Lipinski definition) is 4. The van der Waals surface area contributed by atoms with Crippen molar-refractivity contribution in [2.75, 3.05) is 11.9 Å². The number of likely N-dealkylation sites (tertiary alicyclic amines) is 1. The van der Waals surface area contributed by atoms with Crippen molar-refractivity contribution in [3.63, 3.8) is 0 Å². The van der Waals surface area contributed by atoms with Gasteiger partial charge in [0, 0.05) is 17.0 Å². The number of nitrogens with one attached hydrogen (secondary N) is 1. The standard InChI is InChI=1S/C17H17Cl2N3O2S/c1-9-10(2)25-17(20-9)21-15(23)14-4-3-7-22(14)16(24)11-5-6-12(18)13(19)8-11/h5-6,8,14H,3-4,7H2,1-2H3,(H,20,21,23). The molecule has 1 aromatic carbocycles. The van der Waals surface area contributed by atoms with Crippen LogP contribution in [0.4, 0.5) is 5.13 Å². The van der Waals surface area contributed by atoms with Crippen LogP contribution in [0.1, 0.15) is 33.8 Å². The Bertz CT molecular complexity index is 818. The molecule has 1 aliphatic heterocycles. The highest BCUT2D eigenvalue weighted by atomic mass is 35.5. The van der Waals surface area contributed by atoms with E-state index in [0.29, 0.717) is 33.7 Å². The highest BCUT2D eigenvalue weighted by Gasteiger charge is 2.35. The van der Waals surface area contributed by atoms with Gasteiger partial charge in [-0.3, -0.25) is 9.59 Å². The highest BCUT2D eigenvalue weighted by Crippen LogP contribution is 2.27. The summed E-state index contributed by atoms with van der Waals surface area (Å²) < 4.78 is 0. The van der Waals surface area contributed by atoms with E-state index in [1.807, 2.05) is 13.8 Å². The topological polar surface area (TPSA) is 62.3 Å². The Kier molecular flexibility index (Phi) is 5.32. The molecule has 0 spiro atoms. The number of nitrogens with zero attached hydrogens (tertiary/aromatic N) is 2. The number of rotatable bonds is 3. The van der Waals surface area contributed by atoms with Gasteiger partial charge in [-0.05, 0) is 44.9 Å². The van der Waals surface area contributed by atoms with Crippen LogP contribution < -0.4 is 5.32 Å². The second kappa shape index (κ2) is 7.32. The Morgan fingerprint density at radius 2 is 2.04 bits per heavy atom. The molecular weight excluding hydrogens is 381 g/mol. The van der Waals surface area contributed by atoms with Crippen LogP contribution in [0, 0.1) is 13.8 Å². The van der Waals surface area contributed by atoms with E-state index in [0.717, 1.165) is 17.0 Å². The number of amides is 2. The number of hydrogen-bond donors (Lipinski definition) is 1. The van der Waals surface area contributed by atoms with Crippen LogP contribution in [0.25, 0.3) is 0 Å². The first kappa shape index (κ1) is 18.2. The molecule has 1 unspecified atom stereocenters. The summed E-state index contributed by atoms with van der Waals surface area (Å²) in [5.41, 5.74) is 1.32. The number of halogens is 2. The number of benzene rings is 1. The molecule has 8 heteroatoms. The summed E-state index contributed by atoms with van der Waals surface area (Å²) >= 11 is 13.3. The Morgan fingerprint density at radius 3 is 2.68 bits per heavy atom. The second-order valence-corrected chi connectivity index (χ2v) is 7.95. The average molecular weight is 398 g/mol. The first-order valence-electron chi connectivity index (χ1n) is 7.87. The fraction of sp³-hybridized carbons (Fsp3) is 0.353. The van der Waals surface area contributed by atoms with E-state index < -0.39 is 6.04 Å². The minimum Gasteiger partial charge on any atom is -0.327 e. The Balaban J connectivity index is 1.76. The molecule has 2 aromatic rings. The normalized spacial score (nSPS) is 17.0. The van der Waals surface area contributed by atoms with Crippen LogP contribution in [0.15, 0.2) is 18.2 Å². The lowest BCUT2D eigenvalue weighted by atomic mass is 10.1. The fourth-order valence-corrected chi connectivity index (χ4v) is 3.91. The van der Waals surface area contributed by atoms with E-state index in [2.05, 4.69) is 10.3 Å². The van der Waals surface area contributed by atoms with Gasteiger partial charge in [-0.25, -0.2) is 4.98 Å². The molecule has 1 atom stereocenters. The fourth-order valence-electron chi connectivity index (χ4n) is 2.79. The van der Waals surface area contributed by atoms with Crippen LogP contribution >= 0.6 is 34.5 Å². The number of carbonyl (C=O) groups is 2. The molecule has 1 aromatic heterocycles. The second-order valence-electron chi connectivity index (χ2n) is 5.94. The SMILES string of the molecule is Cc1nc(NC(=O)C2CCCN2C(=O)c2ccc(Cl)c(Cl)c2)sc1C. The van der Waals surface area contributed by atoms with Gasteiger partial charge in [0.25, 0.3) is 5.91 Å². The largest absolute Gasteiger partial charge is 0.327 e. The summed E-state index contributed by atoms with van der Waals surface area (Å²) in [7, 11) is 0. The van der Waals surface area contributed by atoms with Crippen molar-refractivity contribution in [3.05, 3.63) is 44.4 Å². The minimum absolute atomic E-state index is 0.209. The summed E-state index contributed by atoms with van der Waals surface area (Å²) in [5.74, 6) is -0.428. The van der Waals surface area contributed by atoms with Crippen molar-refractivity contribution in [3.8, 4) is 0 Å². The van der Waals surface area contributed by atoms with E-state index >= 15 is 0 Å². The average Bonchev–Trinajstić information content (AvgIpc) is 3.16. The first-order chi connectivity index (χ1) is 11.9. The summed E-state index contributed by atoms with van der Waals surface area (Å²) in [4.78, 5) is 32.4. The molecule has 1 fully saturated rings. The van der Waals surface area contributed by atoms with E-state index in [9.17, 15) is 9.59 Å². The van der Waals surface area contributed by atoms with Crippen LogP contribution in [0.2, 0.25) is 10.0 Å². The number of aromatic nitrogens is 1. The maximum Gasteiger partial charge on any atom is 0.254 e. The molecule has 0 saturated carbocycles. The third-order valence-electron chi connectivity index (χ3n) is 4.24. The third-order valence-corrected chi connectivity index (χ3v) is 5.97. The third kappa shape index (κ3) is 3.81. The smallest absolute Gasteiger partial charge is 0.254 e. The predicted molar refractivity (Wildman–Crippen MR) is 101 cm³/mol. The van der Waals surface area contributed by atoms with Gasteiger partial charge in [0.2, 0.25) is 5.91 Å². The zero-order chi connectivity index (χ0) is 18.1. The van der Waals surface area contributed by atoms with Gasteiger partial charge in [-0.1, -0.05) is 23.2 Å². The van der Waals surface area contributed by atoms with Crippen molar-refractivity contribution in [1.82, 2.24) is 9.88 Å². The zero-order valence-corrected chi connectivity index (χ0v) is 16.1. The van der Waals surface area contributed by atoms with Crippen LogP contribution in [0.5, 0.6) is 0 Å². The van der Waals surface area contributed by atoms with Crippen LogP contribution in [-0.4, -0.2) is 34.3 Å². The van der Waals surface area contributed by atoms with Gasteiger partial charge in [-0.2, -0.15) is 0 Å². The molecule has 2 heterocycles. The quantitative estimate of drug-likeness (QED) is 0.838. The summed E-state index contributed by atoms with van der Waals surface area (Å²) in [6.07, 6.45) is 1.41. The molecule has 1 N–H and O–H groups in total. The van der Waals surface area contributed by atoms with Gasteiger partial charge >= 0.3 is 0 Å². The van der Waals surface area contributed by atoms with Gasteiger partial charge in [0.05, 0.1) is 15.7 Å². The predicted octanol–water partition coefficient (Wildman–Crippen LogP) is 4.31. The number of carbonyl (C=O) groups excluding carboxylic acids is 2. The highest BCUT2D eigenvalue weighted by molar-refractivity contribution is 7.15. The lowest BCUT2D eigenvalue weighted by Crippen LogP contribution is -2.43. The van der Waals surface area contributed by atoms with Crippen molar-refractivity contribution in [1.29, 1.82) is 0 Å². The lowest BCUT2D eigenvalue weighted by Gasteiger charge is -2.23. The Morgan fingerprint density at radius 1 is 1.28 bits per heavy atom. The maximum atomic E-state index is 12.8. The molecule has 2 amide bonds. The molecule has 1 aliphatic rings. The molecule has 0 aliphatic carbocycles. The Hall–Kier alpha value is -1.63. The lowest BCUT2D eigenvalue weighted by molar-refractivity contribution is -0.119. The minimum atomic E-state index is -0.508. The number of anilines is 1. The molecule has 0 radical (unpaired) electrons. The first-order valence-corrected chi connectivity index (χ1v) is 9.45. The maximum absolute atomic E-state index is 12.8. The van der Waals surface area contributed by atoms with Crippen molar-refractivity contribution < 1.29 is 9.59 Å². The molecule has 132 valence electrons. The molecule has 0 bridgehead atoms. The number of thiazole rings is 1. The van der Waals surface area contributed by atoms with Crippen molar-refractivity contribution in [2.24, 2.45) is 0 Å². The van der Waals surface area contributed by atoms with Gasteiger partial charge in [-0.15, -0.1) is 11.3 Å². The van der Waals surface area contributed by atoms with Crippen LogP contribution in [-0.2, 0) is 4.79 Å². The molecular formula is C17H17Cl2N3O2S. The Labute approximate surface area is 160 Å².